The SMILES string of the molecule is Cc1cc(N=Nc2ccc3c(S(=O)(=O)[O-])cc(S(=O)(=O)[O-])c(N)c3c2O)ccc1-c1ccc(N=Nc2ccc3c(S(=O)(=O)[O-])cc(S(=O)(=O)[O-])c(N)c3c2O)cc1C.[Na+].[Na+].[Na+].[Na+]. The van der Waals surface area contributed by atoms with Crippen molar-refractivity contribution in [2.75, 3.05) is 11.5 Å². The second kappa shape index (κ2) is 20.6. The third-order valence-electron chi connectivity index (χ3n) is 8.77. The molecule has 0 amide bonds. The second-order valence-electron chi connectivity index (χ2n) is 12.5. The molecule has 0 heterocycles. The first kappa shape index (κ1) is 56.0. The predicted octanol–water partition coefficient (Wildman–Crippen LogP) is -6.68. The number of hydrogen-bond acceptors (Lipinski definition) is 20. The molecule has 0 atom stereocenters. The van der Waals surface area contributed by atoms with Crippen LogP contribution in [0.5, 0.6) is 11.5 Å². The molecule has 0 aromatic heterocycles. The topological polar surface area (TPSA) is 371 Å². The molecule has 20 nitrogen and oxygen atoms in total. The van der Waals surface area contributed by atoms with Gasteiger partial charge in [0.25, 0.3) is 0 Å². The van der Waals surface area contributed by atoms with Gasteiger partial charge in [-0.15, -0.1) is 10.2 Å². The van der Waals surface area contributed by atoms with E-state index in [0.29, 0.717) is 23.3 Å². The van der Waals surface area contributed by atoms with Gasteiger partial charge in [0.1, 0.15) is 51.8 Å². The molecule has 302 valence electrons. The number of phenolic OH excluding ortho intramolecular Hbond substituents is 2. The van der Waals surface area contributed by atoms with Gasteiger partial charge in [-0.05, 0) is 84.6 Å². The summed E-state index contributed by atoms with van der Waals surface area (Å²) in [4.78, 5) is -4.62. The molecular weight excluding hydrogens is 937 g/mol. The van der Waals surface area contributed by atoms with Crippen molar-refractivity contribution in [3.8, 4) is 22.6 Å². The van der Waals surface area contributed by atoms with Gasteiger partial charge in [-0.3, -0.25) is 0 Å². The number of aryl methyl sites for hydroxylation is 2. The number of nitrogen functional groups attached to an aromatic ring is 2. The average Bonchev–Trinajstić information content (AvgIpc) is 3.09. The summed E-state index contributed by atoms with van der Waals surface area (Å²) in [5.41, 5.74) is 12.8. The zero-order valence-corrected chi connectivity index (χ0v) is 44.6. The molecule has 6 aromatic rings. The number of benzene rings is 6. The molecule has 0 fully saturated rings. The molecule has 0 aliphatic carbocycles. The maximum Gasteiger partial charge on any atom is 1.00 e. The number of nitrogens with zero attached hydrogens (tertiary/aromatic N) is 4. The standard InChI is InChI=1S/C34H28N6O14S4.4Na/c1-15-11-17(37-39-23-9-7-21-25(55(43,44)45)13-27(57(49,50)51)31(35)29(21)33(23)41)3-5-19(15)20-6-4-18(12-16(20)2)38-40-24-10-8-22-26(56(46,47)48)14-28(58(52,53)54)32(36)30(22)34(24)42;;;;/h3-14,41-42H,35-36H2,1-2H3,(H,43,44,45)(H,46,47,48)(H,49,50,51)(H,52,53,54);;;;/q;4*+1/p-4. The Balaban J connectivity index is 0.00000331. The van der Waals surface area contributed by atoms with Crippen molar-refractivity contribution in [1.82, 2.24) is 0 Å². The first-order chi connectivity index (χ1) is 26.8. The van der Waals surface area contributed by atoms with E-state index in [2.05, 4.69) is 20.5 Å². The van der Waals surface area contributed by atoms with Crippen LogP contribution in [-0.4, -0.2) is 62.1 Å². The van der Waals surface area contributed by atoms with Gasteiger partial charge in [0.15, 0.2) is 11.5 Å². The Kier molecular flexibility index (Phi) is 18.6. The second-order valence-corrected chi connectivity index (χ2v) is 17.9. The van der Waals surface area contributed by atoms with Gasteiger partial charge in [-0.2, -0.15) is 10.2 Å². The zero-order valence-electron chi connectivity index (χ0n) is 33.3. The molecule has 0 unspecified atom stereocenters. The molecule has 0 saturated carbocycles. The fourth-order valence-electron chi connectivity index (χ4n) is 6.15. The van der Waals surface area contributed by atoms with E-state index >= 15 is 0 Å². The van der Waals surface area contributed by atoms with E-state index in [1.807, 2.05) is 0 Å². The van der Waals surface area contributed by atoms with Gasteiger partial charge in [-0.25, -0.2) is 33.7 Å². The van der Waals surface area contributed by atoms with Crippen molar-refractivity contribution >= 4 is 96.1 Å². The number of rotatable bonds is 9. The predicted molar refractivity (Wildman–Crippen MR) is 202 cm³/mol. The van der Waals surface area contributed by atoms with Gasteiger partial charge < -0.3 is 39.9 Å². The van der Waals surface area contributed by atoms with Crippen LogP contribution in [0.1, 0.15) is 11.1 Å². The molecule has 0 aliphatic heterocycles. The van der Waals surface area contributed by atoms with Crippen LogP contribution in [0.15, 0.2) is 113 Å². The molecule has 0 bridgehead atoms. The smallest absolute Gasteiger partial charge is 0.744 e. The summed E-state index contributed by atoms with van der Waals surface area (Å²) in [6, 6.07) is 14.8. The Morgan fingerprint density at radius 3 is 1.03 bits per heavy atom. The number of hydrogen-bond donors (Lipinski definition) is 4. The minimum absolute atomic E-state index is 0. The quantitative estimate of drug-likeness (QED) is 0.0453. The van der Waals surface area contributed by atoms with Crippen LogP contribution < -0.4 is 130 Å². The molecule has 0 aliphatic rings. The van der Waals surface area contributed by atoms with Crippen LogP contribution >= 0.6 is 0 Å². The van der Waals surface area contributed by atoms with Gasteiger partial charge >= 0.3 is 118 Å². The maximum atomic E-state index is 11.9. The Labute approximate surface area is 442 Å². The van der Waals surface area contributed by atoms with Gasteiger partial charge in [0.05, 0.1) is 53.1 Å². The minimum atomic E-state index is -5.38. The van der Waals surface area contributed by atoms with E-state index in [-0.39, 0.29) is 141 Å². The van der Waals surface area contributed by atoms with E-state index in [1.54, 1.807) is 50.2 Å². The molecule has 0 spiro atoms. The Bertz CT molecular complexity index is 3100. The molecule has 28 heteroatoms. The monoisotopic (exact) mass is 960 g/mol. The Hall–Kier alpha value is -2.12. The van der Waals surface area contributed by atoms with Crippen molar-refractivity contribution in [2.24, 2.45) is 20.5 Å². The summed E-state index contributed by atoms with van der Waals surface area (Å²) in [5, 5.41) is 35.8. The number of nitrogens with two attached hydrogens (primary N) is 2. The molecule has 6 N–H and O–H groups in total. The minimum Gasteiger partial charge on any atom is -0.744 e. The third-order valence-corrected chi connectivity index (χ3v) is 12.3. The van der Waals surface area contributed by atoms with Gasteiger partial charge in [0, 0.05) is 10.8 Å². The van der Waals surface area contributed by atoms with Crippen molar-refractivity contribution in [3.63, 3.8) is 0 Å². The van der Waals surface area contributed by atoms with Gasteiger partial charge in [-0.1, -0.05) is 24.3 Å². The zero-order chi connectivity index (χ0) is 42.9. The van der Waals surface area contributed by atoms with Crippen LogP contribution in [0.3, 0.4) is 0 Å². The van der Waals surface area contributed by atoms with Crippen LogP contribution in [-0.2, 0) is 40.5 Å². The van der Waals surface area contributed by atoms with Crippen LogP contribution in [0.2, 0.25) is 0 Å². The van der Waals surface area contributed by atoms with E-state index in [9.17, 15) is 62.1 Å². The first-order valence-corrected chi connectivity index (χ1v) is 21.5. The number of azo groups is 2. The molecular formula is C34H24N6Na4O14S4. The number of anilines is 2. The first-order valence-electron chi connectivity index (χ1n) is 15.8. The number of fused-ring (bicyclic) bond motifs is 2. The van der Waals surface area contributed by atoms with E-state index in [4.69, 9.17) is 11.5 Å². The summed E-state index contributed by atoms with van der Waals surface area (Å²) in [6.45, 7) is 3.51. The van der Waals surface area contributed by atoms with Crippen molar-refractivity contribution in [2.45, 2.75) is 33.4 Å². The summed E-state index contributed by atoms with van der Waals surface area (Å²) in [6.07, 6.45) is 0. The van der Waals surface area contributed by atoms with Crippen LogP contribution in [0.4, 0.5) is 34.1 Å². The summed E-state index contributed by atoms with van der Waals surface area (Å²) >= 11 is 0. The summed E-state index contributed by atoms with van der Waals surface area (Å²) in [7, 11) is -21.4. The average molecular weight is 961 g/mol. The van der Waals surface area contributed by atoms with Gasteiger partial charge in [0.2, 0.25) is 0 Å². The number of aromatic hydroxyl groups is 2. The molecule has 0 saturated heterocycles. The van der Waals surface area contributed by atoms with Crippen molar-refractivity contribution < 1.29 is 180 Å². The van der Waals surface area contributed by atoms with E-state index in [1.165, 1.54) is 0 Å². The number of phenols is 2. The summed E-state index contributed by atoms with van der Waals surface area (Å²) < 4.78 is 142. The molecule has 6 rings (SSSR count). The molecule has 6 aromatic carbocycles. The Morgan fingerprint density at radius 2 is 0.758 bits per heavy atom. The maximum absolute atomic E-state index is 11.9. The fraction of sp³-hybridized carbons (Fsp3) is 0.0588. The van der Waals surface area contributed by atoms with Crippen molar-refractivity contribution in [1.29, 1.82) is 0 Å². The normalized spacial score (nSPS) is 12.2. The Morgan fingerprint density at radius 1 is 0.452 bits per heavy atom. The van der Waals surface area contributed by atoms with Crippen molar-refractivity contribution in [3.05, 3.63) is 83.9 Å². The third kappa shape index (κ3) is 11.5. The fourth-order valence-corrected chi connectivity index (χ4v) is 8.97. The molecule has 0 radical (unpaired) electrons. The largest absolute Gasteiger partial charge is 1.00 e. The van der Waals surface area contributed by atoms with E-state index in [0.717, 1.165) is 35.4 Å². The van der Waals surface area contributed by atoms with E-state index < -0.39 is 104 Å². The molecule has 62 heavy (non-hydrogen) atoms. The van der Waals surface area contributed by atoms with Crippen LogP contribution in [0, 0.1) is 13.8 Å². The summed E-state index contributed by atoms with van der Waals surface area (Å²) in [5.74, 6) is -1.69. The van der Waals surface area contributed by atoms with Crippen LogP contribution in [0.25, 0.3) is 32.7 Å².